The number of nitrogens with one attached hydrogen (secondary N) is 2. The van der Waals surface area contributed by atoms with Crippen molar-refractivity contribution in [1.82, 2.24) is 10.1 Å². The summed E-state index contributed by atoms with van der Waals surface area (Å²) in [6.07, 6.45) is 1.53. The van der Waals surface area contributed by atoms with Crippen LogP contribution in [0.15, 0.2) is 33.8 Å². The van der Waals surface area contributed by atoms with Crippen molar-refractivity contribution < 1.29 is 12.9 Å². The summed E-state index contributed by atoms with van der Waals surface area (Å²) in [5.74, 6) is 0.970. The summed E-state index contributed by atoms with van der Waals surface area (Å²) in [6.45, 7) is 4.11. The van der Waals surface area contributed by atoms with Crippen LogP contribution in [0, 0.1) is 6.92 Å². The highest BCUT2D eigenvalue weighted by atomic mass is 32.2. The van der Waals surface area contributed by atoms with Crippen LogP contribution >= 0.6 is 0 Å². The van der Waals surface area contributed by atoms with E-state index in [9.17, 15) is 8.42 Å². The SMILES string of the molecule is CCNc1ncccc1S(=O)(=O)Nc1cc(C)on1. The van der Waals surface area contributed by atoms with E-state index in [1.807, 2.05) is 6.92 Å². The van der Waals surface area contributed by atoms with E-state index < -0.39 is 10.0 Å². The molecule has 0 aliphatic rings. The number of hydrogen-bond acceptors (Lipinski definition) is 6. The Hall–Kier alpha value is -2.09. The van der Waals surface area contributed by atoms with Crippen LogP contribution in [0.1, 0.15) is 12.7 Å². The number of aromatic nitrogens is 2. The van der Waals surface area contributed by atoms with Crippen molar-refractivity contribution in [3.8, 4) is 0 Å². The summed E-state index contributed by atoms with van der Waals surface area (Å²) < 4.78 is 31.6. The number of rotatable bonds is 5. The molecular formula is C11H14N4O3S. The maximum absolute atomic E-state index is 12.2. The topological polar surface area (TPSA) is 97.1 Å². The molecule has 19 heavy (non-hydrogen) atoms. The normalized spacial score (nSPS) is 11.3. The number of nitrogens with zero attached hydrogens (tertiary/aromatic N) is 2. The van der Waals surface area contributed by atoms with E-state index in [0.717, 1.165) is 0 Å². The molecule has 2 heterocycles. The summed E-state index contributed by atoms with van der Waals surface area (Å²) in [5, 5.41) is 6.50. The number of aryl methyl sites for hydroxylation is 1. The van der Waals surface area contributed by atoms with Gasteiger partial charge in [-0.25, -0.2) is 13.4 Å². The summed E-state index contributed by atoms with van der Waals surface area (Å²) in [5.41, 5.74) is 0. The molecule has 102 valence electrons. The van der Waals surface area contributed by atoms with E-state index in [-0.39, 0.29) is 10.7 Å². The summed E-state index contributed by atoms with van der Waals surface area (Å²) in [7, 11) is -3.75. The van der Waals surface area contributed by atoms with Gasteiger partial charge < -0.3 is 9.84 Å². The molecule has 0 aliphatic heterocycles. The lowest BCUT2D eigenvalue weighted by Crippen LogP contribution is -2.16. The van der Waals surface area contributed by atoms with Gasteiger partial charge in [0.1, 0.15) is 16.5 Å². The van der Waals surface area contributed by atoms with Crippen LogP contribution in [0.25, 0.3) is 0 Å². The maximum Gasteiger partial charge on any atom is 0.266 e. The van der Waals surface area contributed by atoms with E-state index in [1.54, 1.807) is 13.0 Å². The van der Waals surface area contributed by atoms with E-state index in [2.05, 4.69) is 20.2 Å². The van der Waals surface area contributed by atoms with Gasteiger partial charge in [0, 0.05) is 18.8 Å². The minimum absolute atomic E-state index is 0.0671. The van der Waals surface area contributed by atoms with Gasteiger partial charge >= 0.3 is 0 Å². The van der Waals surface area contributed by atoms with Crippen LogP contribution in [0.4, 0.5) is 11.6 Å². The first-order chi connectivity index (χ1) is 9.03. The molecule has 0 atom stereocenters. The number of pyridine rings is 1. The first kappa shape index (κ1) is 13.3. The molecule has 2 aromatic heterocycles. The Bertz CT molecular complexity index is 666. The molecule has 0 saturated heterocycles. The highest BCUT2D eigenvalue weighted by Crippen LogP contribution is 2.21. The van der Waals surface area contributed by atoms with Gasteiger partial charge in [-0.1, -0.05) is 5.16 Å². The van der Waals surface area contributed by atoms with Gasteiger partial charge in [-0.2, -0.15) is 0 Å². The molecule has 0 radical (unpaired) electrons. The smallest absolute Gasteiger partial charge is 0.266 e. The lowest BCUT2D eigenvalue weighted by Gasteiger charge is -2.10. The van der Waals surface area contributed by atoms with Crippen molar-refractivity contribution in [2.45, 2.75) is 18.7 Å². The Morgan fingerprint density at radius 2 is 2.21 bits per heavy atom. The highest BCUT2D eigenvalue weighted by Gasteiger charge is 2.20. The molecule has 0 bridgehead atoms. The summed E-state index contributed by atoms with van der Waals surface area (Å²) in [6, 6.07) is 4.53. The minimum atomic E-state index is -3.75. The van der Waals surface area contributed by atoms with E-state index in [1.165, 1.54) is 18.3 Å². The predicted octanol–water partition coefficient (Wildman–Crippen LogP) is 1.61. The van der Waals surface area contributed by atoms with Gasteiger partial charge in [0.2, 0.25) is 0 Å². The lowest BCUT2D eigenvalue weighted by atomic mass is 10.4. The molecule has 0 spiro atoms. The van der Waals surface area contributed by atoms with E-state index in [0.29, 0.717) is 18.1 Å². The average Bonchev–Trinajstić information content (AvgIpc) is 2.75. The van der Waals surface area contributed by atoms with E-state index in [4.69, 9.17) is 4.52 Å². The molecule has 0 fully saturated rings. The van der Waals surface area contributed by atoms with Crippen molar-refractivity contribution in [2.24, 2.45) is 0 Å². The van der Waals surface area contributed by atoms with Crippen LogP contribution < -0.4 is 10.0 Å². The first-order valence-electron chi connectivity index (χ1n) is 5.68. The average molecular weight is 282 g/mol. The third-order valence-electron chi connectivity index (χ3n) is 2.27. The van der Waals surface area contributed by atoms with Crippen molar-refractivity contribution in [3.05, 3.63) is 30.2 Å². The standard InChI is InChI=1S/C11H14N4O3S/c1-3-12-11-9(5-4-6-13-11)19(16,17)15-10-7-8(2)18-14-10/h4-7H,3H2,1-2H3,(H,12,13)(H,14,15). The van der Waals surface area contributed by atoms with Gasteiger partial charge in [-0.3, -0.25) is 4.72 Å². The quantitative estimate of drug-likeness (QED) is 0.864. The minimum Gasteiger partial charge on any atom is -0.369 e. The summed E-state index contributed by atoms with van der Waals surface area (Å²) in [4.78, 5) is 4.07. The van der Waals surface area contributed by atoms with Gasteiger partial charge in [-0.15, -0.1) is 0 Å². The van der Waals surface area contributed by atoms with Crippen LogP contribution in [0.3, 0.4) is 0 Å². The molecule has 0 amide bonds. The third kappa shape index (κ3) is 3.02. The second-order valence-electron chi connectivity index (χ2n) is 3.81. The Kier molecular flexibility index (Phi) is 3.70. The zero-order valence-electron chi connectivity index (χ0n) is 10.5. The molecule has 0 saturated carbocycles. The lowest BCUT2D eigenvalue weighted by molar-refractivity contribution is 0.400. The first-order valence-corrected chi connectivity index (χ1v) is 7.16. The predicted molar refractivity (Wildman–Crippen MR) is 70.4 cm³/mol. The Morgan fingerprint density at radius 1 is 1.42 bits per heavy atom. The molecule has 2 N–H and O–H groups in total. The zero-order chi connectivity index (χ0) is 13.9. The maximum atomic E-state index is 12.2. The number of sulfonamides is 1. The second-order valence-corrected chi connectivity index (χ2v) is 5.46. The highest BCUT2D eigenvalue weighted by molar-refractivity contribution is 7.92. The number of hydrogen-bond donors (Lipinski definition) is 2. The molecule has 0 aromatic carbocycles. The monoisotopic (exact) mass is 282 g/mol. The van der Waals surface area contributed by atoms with Crippen LogP contribution in [-0.2, 0) is 10.0 Å². The molecule has 8 heteroatoms. The molecule has 0 unspecified atom stereocenters. The third-order valence-corrected chi connectivity index (χ3v) is 3.66. The fourth-order valence-electron chi connectivity index (χ4n) is 1.51. The Labute approximate surface area is 111 Å². The van der Waals surface area contributed by atoms with Gasteiger partial charge in [0.05, 0.1) is 0 Å². The zero-order valence-corrected chi connectivity index (χ0v) is 11.4. The molecular weight excluding hydrogens is 268 g/mol. The fraction of sp³-hybridized carbons (Fsp3) is 0.273. The van der Waals surface area contributed by atoms with Gasteiger partial charge in [-0.05, 0) is 26.0 Å². The van der Waals surface area contributed by atoms with Crippen molar-refractivity contribution in [3.63, 3.8) is 0 Å². The molecule has 7 nitrogen and oxygen atoms in total. The van der Waals surface area contributed by atoms with Crippen molar-refractivity contribution >= 4 is 21.7 Å². The van der Waals surface area contributed by atoms with Gasteiger partial charge in [0.15, 0.2) is 5.82 Å². The van der Waals surface area contributed by atoms with Crippen molar-refractivity contribution in [1.29, 1.82) is 0 Å². The largest absolute Gasteiger partial charge is 0.369 e. The molecule has 0 aliphatic carbocycles. The summed E-state index contributed by atoms with van der Waals surface area (Å²) >= 11 is 0. The van der Waals surface area contributed by atoms with Crippen LogP contribution in [0.2, 0.25) is 0 Å². The van der Waals surface area contributed by atoms with Crippen LogP contribution in [-0.4, -0.2) is 25.1 Å². The van der Waals surface area contributed by atoms with Crippen LogP contribution in [0.5, 0.6) is 0 Å². The molecule has 2 aromatic rings. The Balaban J connectivity index is 2.34. The second kappa shape index (κ2) is 5.27. The Morgan fingerprint density at radius 3 is 2.84 bits per heavy atom. The fourth-order valence-corrected chi connectivity index (χ4v) is 2.63. The van der Waals surface area contributed by atoms with Gasteiger partial charge in [0.25, 0.3) is 10.0 Å². The van der Waals surface area contributed by atoms with Crippen molar-refractivity contribution in [2.75, 3.05) is 16.6 Å². The van der Waals surface area contributed by atoms with E-state index >= 15 is 0 Å². The number of anilines is 2. The molecule has 2 rings (SSSR count).